The van der Waals surface area contributed by atoms with Gasteiger partial charge in [0.15, 0.2) is 0 Å². The first-order chi connectivity index (χ1) is 28.9. The summed E-state index contributed by atoms with van der Waals surface area (Å²) in [5.41, 5.74) is -1.08. The van der Waals surface area contributed by atoms with Crippen molar-refractivity contribution in [2.75, 3.05) is 75.6 Å². The van der Waals surface area contributed by atoms with Crippen molar-refractivity contribution in [3.63, 3.8) is 0 Å². The van der Waals surface area contributed by atoms with Crippen molar-refractivity contribution in [3.05, 3.63) is 58.7 Å². The number of carbonyl (C=O) groups is 4. The third kappa shape index (κ3) is 18.3. The molecular formula is C39H42F6N4O12. The molecule has 0 unspecified atom stereocenters. The molecule has 0 spiro atoms. The standard InChI is InChI=1S/C39H42F6N4O12/c1-5-48(30-12-10-26(32(22-30)60-38(40,41)42)20-28(24-46)34(50)54-7-3)14-18-58-36(52)56-16-9-17-57-37(53)59-19-15-49(6-2)31-13-11-27(33(23-31)61-39(43,44)45)21-29(25-47)35(51)55-8-4/h10-13,20-23H,5-9,14-19H2,1-4H3. The van der Waals surface area contributed by atoms with E-state index in [1.165, 1.54) is 38.1 Å². The second-order valence-corrected chi connectivity index (χ2v) is 11.7. The van der Waals surface area contributed by atoms with Crippen molar-refractivity contribution in [1.29, 1.82) is 10.5 Å². The lowest BCUT2D eigenvalue weighted by Gasteiger charge is -2.24. The van der Waals surface area contributed by atoms with Crippen LogP contribution in [0.5, 0.6) is 11.5 Å². The Labute approximate surface area is 346 Å². The Bertz CT molecular complexity index is 1820. The fraction of sp³-hybridized carbons (Fsp3) is 0.436. The molecule has 0 saturated heterocycles. The predicted octanol–water partition coefficient (Wildman–Crippen LogP) is 7.47. The zero-order valence-corrected chi connectivity index (χ0v) is 33.4. The fourth-order valence-electron chi connectivity index (χ4n) is 4.98. The fourth-order valence-corrected chi connectivity index (χ4v) is 4.98. The van der Waals surface area contributed by atoms with Crippen molar-refractivity contribution < 1.29 is 83.4 Å². The van der Waals surface area contributed by atoms with Gasteiger partial charge in [-0.3, -0.25) is 0 Å². The van der Waals surface area contributed by atoms with Gasteiger partial charge in [-0.25, -0.2) is 19.2 Å². The number of rotatable bonds is 22. The summed E-state index contributed by atoms with van der Waals surface area (Å²) < 4.78 is 117. The number of likely N-dealkylation sites (N-methyl/N-ethyl adjacent to an activating group) is 2. The first-order valence-electron chi connectivity index (χ1n) is 18.3. The summed E-state index contributed by atoms with van der Waals surface area (Å²) in [7, 11) is 0. The maximum absolute atomic E-state index is 13.2. The summed E-state index contributed by atoms with van der Waals surface area (Å²) in [6, 6.07) is 10.5. The van der Waals surface area contributed by atoms with Crippen molar-refractivity contribution in [1.82, 2.24) is 0 Å². The van der Waals surface area contributed by atoms with E-state index in [1.807, 2.05) is 0 Å². The van der Waals surface area contributed by atoms with Gasteiger partial charge >= 0.3 is 37.0 Å². The second kappa shape index (κ2) is 24.9. The minimum atomic E-state index is -5.10. The van der Waals surface area contributed by atoms with Crippen LogP contribution in [0.25, 0.3) is 12.2 Å². The lowest BCUT2D eigenvalue weighted by molar-refractivity contribution is -0.275. The van der Waals surface area contributed by atoms with Gasteiger partial charge in [0.05, 0.1) is 39.5 Å². The molecule has 0 aliphatic rings. The van der Waals surface area contributed by atoms with Crippen LogP contribution in [0.2, 0.25) is 0 Å². The highest BCUT2D eigenvalue weighted by atomic mass is 19.4. The van der Waals surface area contributed by atoms with Crippen LogP contribution in [0.1, 0.15) is 45.2 Å². The molecule has 16 nitrogen and oxygen atoms in total. The lowest BCUT2D eigenvalue weighted by atomic mass is 10.1. The summed E-state index contributed by atoms with van der Waals surface area (Å²) in [6.07, 6.45) is -10.5. The van der Waals surface area contributed by atoms with E-state index in [2.05, 4.69) is 9.47 Å². The molecule has 22 heteroatoms. The molecule has 0 radical (unpaired) electrons. The SMILES string of the molecule is CCOC(=O)C(C#N)=Cc1ccc(N(CC)CCOC(=O)OCCCOC(=O)OCCN(CC)c2ccc(C=C(C#N)C(=O)OCC)c(OC(F)(F)F)c2)cc1OC(F)(F)F. The molecule has 61 heavy (non-hydrogen) atoms. The molecule has 2 rings (SSSR count). The van der Waals surface area contributed by atoms with Gasteiger partial charge in [-0.2, -0.15) is 10.5 Å². The smallest absolute Gasteiger partial charge is 0.462 e. The van der Waals surface area contributed by atoms with E-state index in [0.29, 0.717) is 0 Å². The first kappa shape index (κ1) is 50.3. The molecule has 0 aliphatic carbocycles. The highest BCUT2D eigenvalue weighted by Gasteiger charge is 2.33. The molecule has 0 amide bonds. The predicted molar refractivity (Wildman–Crippen MR) is 202 cm³/mol. The summed E-state index contributed by atoms with van der Waals surface area (Å²) in [5, 5.41) is 18.6. The Morgan fingerprint density at radius 1 is 0.590 bits per heavy atom. The van der Waals surface area contributed by atoms with E-state index in [4.69, 9.17) is 28.4 Å². The Kier molecular flexibility index (Phi) is 20.6. The topological polar surface area (TPSA) is 196 Å². The molecule has 0 aromatic heterocycles. The van der Waals surface area contributed by atoms with Crippen LogP contribution in [0, 0.1) is 22.7 Å². The number of halogens is 6. The number of nitrogens with zero attached hydrogens (tertiary/aromatic N) is 4. The first-order valence-corrected chi connectivity index (χ1v) is 18.3. The Morgan fingerprint density at radius 2 is 0.951 bits per heavy atom. The van der Waals surface area contributed by atoms with Crippen LogP contribution >= 0.6 is 0 Å². The molecule has 2 aromatic rings. The molecule has 2 aromatic carbocycles. The third-order valence-corrected chi connectivity index (χ3v) is 7.66. The average molecular weight is 873 g/mol. The summed E-state index contributed by atoms with van der Waals surface area (Å²) in [6.45, 7) is 5.78. The number of anilines is 2. The molecule has 0 fully saturated rings. The monoisotopic (exact) mass is 872 g/mol. The van der Waals surface area contributed by atoms with E-state index >= 15 is 0 Å². The van der Waals surface area contributed by atoms with Gasteiger partial charge in [-0.15, -0.1) is 26.3 Å². The second-order valence-electron chi connectivity index (χ2n) is 11.7. The van der Waals surface area contributed by atoms with Gasteiger partial charge in [-0.05, 0) is 64.1 Å². The number of nitriles is 2. The largest absolute Gasteiger partial charge is 0.573 e. The van der Waals surface area contributed by atoms with Gasteiger partial charge in [0, 0.05) is 54.1 Å². The zero-order chi connectivity index (χ0) is 45.6. The molecule has 0 aliphatic heterocycles. The molecule has 0 bridgehead atoms. The van der Waals surface area contributed by atoms with E-state index in [0.717, 1.165) is 24.3 Å². The zero-order valence-electron chi connectivity index (χ0n) is 33.4. The third-order valence-electron chi connectivity index (χ3n) is 7.66. The normalized spacial score (nSPS) is 11.6. The van der Waals surface area contributed by atoms with Crippen molar-refractivity contribution in [2.45, 2.75) is 46.8 Å². The number of benzene rings is 2. The van der Waals surface area contributed by atoms with Gasteiger partial charge in [0.25, 0.3) is 0 Å². The maximum Gasteiger partial charge on any atom is 0.573 e. The number of alkyl halides is 6. The van der Waals surface area contributed by atoms with Gasteiger partial charge in [-0.1, -0.05) is 0 Å². The van der Waals surface area contributed by atoms with Crippen LogP contribution in [0.4, 0.5) is 47.3 Å². The van der Waals surface area contributed by atoms with E-state index < -0.39 is 59.6 Å². The number of hydrogen-bond acceptors (Lipinski definition) is 16. The highest BCUT2D eigenvalue weighted by molar-refractivity contribution is 5.99. The number of hydrogen-bond donors (Lipinski definition) is 0. The molecule has 0 N–H and O–H groups in total. The van der Waals surface area contributed by atoms with Crippen LogP contribution < -0.4 is 19.3 Å². The van der Waals surface area contributed by atoms with Crippen LogP contribution in [0.15, 0.2) is 47.5 Å². The number of ether oxygens (including phenoxy) is 8. The average Bonchev–Trinajstić information content (AvgIpc) is 3.19. The number of carbonyl (C=O) groups excluding carboxylic acids is 4. The highest BCUT2D eigenvalue weighted by Crippen LogP contribution is 2.34. The van der Waals surface area contributed by atoms with Gasteiger partial charge in [0.1, 0.15) is 48.0 Å². The van der Waals surface area contributed by atoms with Crippen molar-refractivity contribution in [2.24, 2.45) is 0 Å². The van der Waals surface area contributed by atoms with Crippen LogP contribution in [-0.4, -0.2) is 103 Å². The number of esters is 2. The molecule has 0 heterocycles. The minimum absolute atomic E-state index is 0.00832. The molecular weight excluding hydrogens is 830 g/mol. The van der Waals surface area contributed by atoms with E-state index in [-0.39, 0.29) is 94.7 Å². The lowest BCUT2D eigenvalue weighted by Crippen LogP contribution is -2.28. The van der Waals surface area contributed by atoms with Gasteiger partial charge < -0.3 is 47.7 Å². The quantitative estimate of drug-likeness (QED) is 0.0282. The summed E-state index contributed by atoms with van der Waals surface area (Å²) >= 11 is 0. The molecule has 0 atom stereocenters. The maximum atomic E-state index is 13.2. The summed E-state index contributed by atoms with van der Waals surface area (Å²) in [5.74, 6) is -3.45. The van der Waals surface area contributed by atoms with Crippen LogP contribution in [0.3, 0.4) is 0 Å². The molecule has 332 valence electrons. The van der Waals surface area contributed by atoms with Crippen LogP contribution in [-0.2, 0) is 38.0 Å². The Hall–Kier alpha value is -6.84. The summed E-state index contributed by atoms with van der Waals surface area (Å²) in [4.78, 5) is 51.2. The van der Waals surface area contributed by atoms with Crippen molar-refractivity contribution >= 4 is 47.8 Å². The Morgan fingerprint density at radius 3 is 1.26 bits per heavy atom. The van der Waals surface area contributed by atoms with Gasteiger partial charge in [0.2, 0.25) is 0 Å². The van der Waals surface area contributed by atoms with E-state index in [9.17, 15) is 56.0 Å². The Balaban J connectivity index is 1.86. The van der Waals surface area contributed by atoms with Crippen molar-refractivity contribution in [3.8, 4) is 23.6 Å². The minimum Gasteiger partial charge on any atom is -0.462 e. The van der Waals surface area contributed by atoms with E-state index in [1.54, 1.807) is 35.8 Å². The molecule has 0 saturated carbocycles.